The summed E-state index contributed by atoms with van der Waals surface area (Å²) >= 11 is 0. The van der Waals surface area contributed by atoms with Crippen LogP contribution in [-0.2, 0) is 6.54 Å². The first-order valence-corrected chi connectivity index (χ1v) is 12.7. The number of para-hydroxylation sites is 1. The van der Waals surface area contributed by atoms with Gasteiger partial charge in [-0.25, -0.2) is 4.98 Å². The van der Waals surface area contributed by atoms with E-state index in [1.165, 1.54) is 0 Å². The highest BCUT2D eigenvalue weighted by Crippen LogP contribution is 2.27. The van der Waals surface area contributed by atoms with Crippen LogP contribution in [0.4, 0.5) is 5.69 Å². The molecular formula is C30H33N5O2. The first-order chi connectivity index (χ1) is 18.0. The monoisotopic (exact) mass is 495 g/mol. The van der Waals surface area contributed by atoms with Crippen molar-refractivity contribution in [3.8, 4) is 17.2 Å². The van der Waals surface area contributed by atoms with Crippen molar-refractivity contribution in [1.82, 2.24) is 14.5 Å². The summed E-state index contributed by atoms with van der Waals surface area (Å²) in [5.74, 6) is 1.75. The number of anilines is 1. The van der Waals surface area contributed by atoms with Crippen LogP contribution in [0.3, 0.4) is 0 Å². The summed E-state index contributed by atoms with van der Waals surface area (Å²) in [4.78, 5) is 20.1. The Bertz CT molecular complexity index is 1380. The van der Waals surface area contributed by atoms with Crippen molar-refractivity contribution in [3.63, 3.8) is 0 Å². The molecule has 1 aromatic heterocycles. The van der Waals surface area contributed by atoms with Crippen LogP contribution in [0.25, 0.3) is 5.69 Å². The lowest BCUT2D eigenvalue weighted by atomic mass is 10.1. The van der Waals surface area contributed by atoms with E-state index in [4.69, 9.17) is 10.5 Å². The van der Waals surface area contributed by atoms with Gasteiger partial charge in [-0.3, -0.25) is 9.69 Å². The second-order valence-electron chi connectivity index (χ2n) is 9.79. The number of benzene rings is 3. The molecule has 37 heavy (non-hydrogen) atoms. The predicted molar refractivity (Wildman–Crippen MR) is 146 cm³/mol. The number of rotatable bonds is 8. The number of aromatic nitrogens is 2. The molecule has 0 bridgehead atoms. The van der Waals surface area contributed by atoms with Crippen molar-refractivity contribution >= 4 is 11.6 Å². The largest absolute Gasteiger partial charge is 0.457 e. The van der Waals surface area contributed by atoms with Crippen LogP contribution in [-0.4, -0.2) is 40.0 Å². The van der Waals surface area contributed by atoms with Gasteiger partial charge in [0.2, 0.25) is 0 Å². The summed E-state index contributed by atoms with van der Waals surface area (Å²) in [5, 5.41) is 3.10. The highest BCUT2D eigenvalue weighted by molar-refractivity contribution is 6.04. The van der Waals surface area contributed by atoms with Crippen LogP contribution >= 0.6 is 0 Å². The molecule has 1 amide bonds. The summed E-state index contributed by atoms with van der Waals surface area (Å²) in [5.41, 5.74) is 11.2. The Morgan fingerprint density at radius 1 is 1.11 bits per heavy atom. The quantitative estimate of drug-likeness (QED) is 0.346. The summed E-state index contributed by atoms with van der Waals surface area (Å²) in [7, 11) is 0. The molecule has 1 unspecified atom stereocenters. The van der Waals surface area contributed by atoms with Gasteiger partial charge >= 0.3 is 0 Å². The number of nitrogens with two attached hydrogens (primary N) is 1. The molecule has 0 saturated carbocycles. The van der Waals surface area contributed by atoms with Gasteiger partial charge < -0.3 is 20.4 Å². The minimum atomic E-state index is -0.188. The number of ether oxygens (including phenoxy) is 1. The second kappa shape index (κ2) is 11.0. The maximum atomic E-state index is 13.3. The number of hydrogen-bond acceptors (Lipinski definition) is 5. The molecule has 7 heteroatoms. The van der Waals surface area contributed by atoms with Crippen LogP contribution in [0.5, 0.6) is 11.5 Å². The summed E-state index contributed by atoms with van der Waals surface area (Å²) < 4.78 is 8.02. The number of carbonyl (C=O) groups excluding carboxylic acids is 1. The maximum absolute atomic E-state index is 13.3. The van der Waals surface area contributed by atoms with E-state index < -0.39 is 0 Å². The van der Waals surface area contributed by atoms with Crippen molar-refractivity contribution in [3.05, 3.63) is 102 Å². The number of likely N-dealkylation sites (tertiary alicyclic amines) is 1. The Labute approximate surface area is 217 Å². The van der Waals surface area contributed by atoms with E-state index in [0.717, 1.165) is 66.5 Å². The van der Waals surface area contributed by atoms with E-state index in [9.17, 15) is 4.79 Å². The first kappa shape index (κ1) is 24.7. The Balaban J connectivity index is 1.39. The van der Waals surface area contributed by atoms with Crippen molar-refractivity contribution in [2.75, 3.05) is 25.0 Å². The molecule has 5 rings (SSSR count). The molecule has 0 radical (unpaired) electrons. The van der Waals surface area contributed by atoms with Gasteiger partial charge in [0.25, 0.3) is 5.91 Å². The lowest BCUT2D eigenvalue weighted by Crippen LogP contribution is -2.23. The SMILES string of the molecule is Cc1cn(-c2cc(CN3CCC(CN)C3)cc(NC(=O)c3ccc(C)c(Oc4ccccc4)c3)c2)cn1. The molecule has 1 aliphatic rings. The lowest BCUT2D eigenvalue weighted by Gasteiger charge is -2.18. The minimum Gasteiger partial charge on any atom is -0.457 e. The van der Waals surface area contributed by atoms with Crippen molar-refractivity contribution in [1.29, 1.82) is 0 Å². The molecule has 190 valence electrons. The molecular weight excluding hydrogens is 462 g/mol. The zero-order valence-corrected chi connectivity index (χ0v) is 21.4. The van der Waals surface area contributed by atoms with E-state index in [-0.39, 0.29) is 5.91 Å². The topological polar surface area (TPSA) is 85.4 Å². The van der Waals surface area contributed by atoms with Gasteiger partial charge in [0.1, 0.15) is 11.5 Å². The fourth-order valence-electron chi connectivity index (χ4n) is 4.73. The normalized spacial score (nSPS) is 15.6. The Morgan fingerprint density at radius 3 is 2.68 bits per heavy atom. The fourth-order valence-corrected chi connectivity index (χ4v) is 4.73. The first-order valence-electron chi connectivity index (χ1n) is 12.7. The molecule has 7 nitrogen and oxygen atoms in total. The van der Waals surface area contributed by atoms with Crippen molar-refractivity contribution in [2.24, 2.45) is 11.7 Å². The summed E-state index contributed by atoms with van der Waals surface area (Å²) in [6.45, 7) is 7.49. The Kier molecular flexibility index (Phi) is 7.35. The van der Waals surface area contributed by atoms with E-state index in [1.807, 2.05) is 73.1 Å². The predicted octanol–water partition coefficient (Wildman–Crippen LogP) is 5.31. The molecule has 1 fully saturated rings. The van der Waals surface area contributed by atoms with E-state index >= 15 is 0 Å². The van der Waals surface area contributed by atoms with Gasteiger partial charge in [-0.1, -0.05) is 24.3 Å². The molecule has 0 aliphatic carbocycles. The average Bonchev–Trinajstić information content (AvgIpc) is 3.54. The zero-order chi connectivity index (χ0) is 25.8. The number of carbonyl (C=O) groups is 1. The molecule has 3 aromatic carbocycles. The fraction of sp³-hybridized carbons (Fsp3) is 0.267. The third kappa shape index (κ3) is 6.07. The van der Waals surface area contributed by atoms with Crippen LogP contribution in [0.1, 0.15) is 33.6 Å². The van der Waals surface area contributed by atoms with Crippen LogP contribution < -0.4 is 15.8 Å². The number of imidazole rings is 1. The third-order valence-electron chi connectivity index (χ3n) is 6.78. The number of hydrogen-bond donors (Lipinski definition) is 2. The van der Waals surface area contributed by atoms with Gasteiger partial charge in [-0.05, 0) is 92.9 Å². The summed E-state index contributed by atoms with van der Waals surface area (Å²) in [6.07, 6.45) is 4.91. The van der Waals surface area contributed by atoms with Crippen LogP contribution in [0, 0.1) is 19.8 Å². The van der Waals surface area contributed by atoms with Crippen LogP contribution in [0.2, 0.25) is 0 Å². The van der Waals surface area contributed by atoms with Crippen molar-refractivity contribution < 1.29 is 9.53 Å². The van der Waals surface area contributed by atoms with Gasteiger partial charge in [0, 0.05) is 36.2 Å². The third-order valence-corrected chi connectivity index (χ3v) is 6.78. The second-order valence-corrected chi connectivity index (χ2v) is 9.79. The standard InChI is InChI=1S/C30H33N5O2/c1-21-8-9-25(14-29(21)37-28-6-4-3-5-7-28)30(36)33-26-12-24(19-34-11-10-23(16-31)18-34)13-27(15-26)35-17-22(2)32-20-35/h3-9,12-15,17,20,23H,10-11,16,18-19,31H2,1-2H3,(H,33,36). The number of aryl methyl sites for hydroxylation is 2. The smallest absolute Gasteiger partial charge is 0.255 e. The lowest BCUT2D eigenvalue weighted by molar-refractivity contribution is 0.102. The molecule has 3 N–H and O–H groups in total. The van der Waals surface area contributed by atoms with E-state index in [1.54, 1.807) is 12.4 Å². The zero-order valence-electron chi connectivity index (χ0n) is 21.4. The van der Waals surface area contributed by atoms with Crippen molar-refractivity contribution in [2.45, 2.75) is 26.8 Å². The molecule has 4 aromatic rings. The molecule has 2 heterocycles. The highest BCUT2D eigenvalue weighted by atomic mass is 16.5. The van der Waals surface area contributed by atoms with Gasteiger partial charge in [-0.15, -0.1) is 0 Å². The number of nitrogens with one attached hydrogen (secondary N) is 1. The summed E-state index contributed by atoms with van der Waals surface area (Å²) in [6, 6.07) is 21.3. The maximum Gasteiger partial charge on any atom is 0.255 e. The Hall–Kier alpha value is -3.94. The highest BCUT2D eigenvalue weighted by Gasteiger charge is 2.21. The molecule has 1 atom stereocenters. The van der Waals surface area contributed by atoms with Crippen LogP contribution in [0.15, 0.2) is 79.3 Å². The number of nitrogens with zero attached hydrogens (tertiary/aromatic N) is 3. The molecule has 1 saturated heterocycles. The molecule has 1 aliphatic heterocycles. The average molecular weight is 496 g/mol. The Morgan fingerprint density at radius 2 is 1.95 bits per heavy atom. The van der Waals surface area contributed by atoms with Gasteiger partial charge in [-0.2, -0.15) is 0 Å². The van der Waals surface area contributed by atoms with Gasteiger partial charge in [0.15, 0.2) is 0 Å². The van der Waals surface area contributed by atoms with E-state index in [2.05, 4.69) is 27.3 Å². The number of amides is 1. The van der Waals surface area contributed by atoms with Gasteiger partial charge in [0.05, 0.1) is 12.0 Å². The molecule has 0 spiro atoms. The minimum absolute atomic E-state index is 0.188. The van der Waals surface area contributed by atoms with E-state index in [0.29, 0.717) is 17.2 Å².